The molecular formula is C44H38CuLiO2Si2. The summed E-state index contributed by atoms with van der Waals surface area (Å²) in [5.74, 6) is 0. The Morgan fingerprint density at radius 2 is 0.540 bits per heavy atom. The van der Waals surface area contributed by atoms with Crippen molar-refractivity contribution in [3.05, 3.63) is 206 Å². The van der Waals surface area contributed by atoms with Gasteiger partial charge in [0, 0.05) is 0 Å². The van der Waals surface area contributed by atoms with Crippen molar-refractivity contribution in [1.82, 2.24) is 0 Å². The minimum Gasteiger partial charge on any atom is -0.435 e. The molecule has 6 aromatic carbocycles. The van der Waals surface area contributed by atoms with Crippen LogP contribution in [0.4, 0.5) is 0 Å². The van der Waals surface area contributed by atoms with Gasteiger partial charge in [-0.1, -0.05) is 196 Å². The first-order chi connectivity index (χ1) is 23.6. The molecule has 0 N–H and O–H groups in total. The van der Waals surface area contributed by atoms with Crippen LogP contribution in [-0.4, -0.2) is 27.0 Å². The number of hydrogen-bond acceptors (Lipinski definition) is 2. The molecule has 246 valence electrons. The molecule has 6 heteroatoms. The number of hydrogen-bond donors (Lipinski definition) is 0. The molecule has 0 saturated carbocycles. The smallest absolute Gasteiger partial charge is 0.435 e. The summed E-state index contributed by atoms with van der Waals surface area (Å²) >= 11 is 0. The molecule has 0 aromatic heterocycles. The molecule has 0 unspecified atom stereocenters. The zero-order chi connectivity index (χ0) is 33.7. The summed E-state index contributed by atoms with van der Waals surface area (Å²) in [7, 11) is -5.66. The van der Waals surface area contributed by atoms with Gasteiger partial charge in [-0.2, -0.15) is 0 Å². The van der Waals surface area contributed by atoms with Crippen LogP contribution in [0.5, 0.6) is 0 Å². The fourth-order valence-corrected chi connectivity index (χ4v) is 14.8. The third kappa shape index (κ3) is 8.34. The molecule has 50 heavy (non-hydrogen) atoms. The van der Waals surface area contributed by atoms with Crippen molar-refractivity contribution in [2.24, 2.45) is 0 Å². The summed E-state index contributed by atoms with van der Waals surface area (Å²) in [6, 6.07) is 60.9. The molecule has 2 nitrogen and oxygen atoms in total. The van der Waals surface area contributed by atoms with E-state index in [1.165, 1.54) is 0 Å². The molecule has 0 saturated heterocycles. The number of rotatable bonds is 10. The van der Waals surface area contributed by atoms with Gasteiger partial charge in [-0.15, -0.1) is 0 Å². The molecule has 0 bridgehead atoms. The maximum absolute atomic E-state index is 13.4. The fraction of sp³-hybridized carbons (Fsp3) is 0.0455. The average molecular weight is 725 g/mol. The van der Waals surface area contributed by atoms with Gasteiger partial charge in [-0.3, -0.25) is 12.2 Å². The van der Waals surface area contributed by atoms with Crippen LogP contribution in [-0.2, 0) is 26.7 Å². The van der Waals surface area contributed by atoms with E-state index in [1.54, 1.807) is 12.2 Å². The first-order valence-electron chi connectivity index (χ1n) is 16.1. The number of benzene rings is 6. The minimum atomic E-state index is -2.83. The Bertz CT molecular complexity index is 1610. The second-order valence-electron chi connectivity index (χ2n) is 11.2. The fourth-order valence-electron chi connectivity index (χ4n) is 6.39. The monoisotopic (exact) mass is 724 g/mol. The predicted octanol–water partition coefficient (Wildman–Crippen LogP) is 2.29. The molecule has 0 radical (unpaired) electrons. The first-order valence-corrected chi connectivity index (χ1v) is 20.1. The van der Waals surface area contributed by atoms with E-state index in [9.17, 15) is 9.59 Å². The molecule has 6 aromatic rings. The zero-order valence-corrected chi connectivity index (χ0v) is 31.5. The molecule has 0 aliphatic carbocycles. The molecule has 0 spiro atoms. The van der Waals surface area contributed by atoms with Crippen LogP contribution in [0.25, 0.3) is 0 Å². The second-order valence-corrected chi connectivity index (χ2v) is 18.6. The normalized spacial score (nSPS) is 11.1. The van der Waals surface area contributed by atoms with Crippen LogP contribution in [0.3, 0.4) is 0 Å². The predicted molar refractivity (Wildman–Crippen MR) is 205 cm³/mol. The van der Waals surface area contributed by atoms with Crippen molar-refractivity contribution < 1.29 is 45.5 Å². The van der Waals surface area contributed by atoms with Crippen LogP contribution in [0, 0.1) is 12.2 Å². The average Bonchev–Trinajstić information content (AvgIpc) is 3.16. The molecule has 0 fully saturated rings. The summed E-state index contributed by atoms with van der Waals surface area (Å²) in [5, 5.41) is 6.66. The van der Waals surface area contributed by atoms with Crippen molar-refractivity contribution in [3.63, 3.8) is 0 Å². The van der Waals surface area contributed by atoms with Gasteiger partial charge in [0.15, 0.2) is 16.1 Å². The van der Waals surface area contributed by atoms with E-state index in [0.29, 0.717) is 0 Å². The third-order valence-electron chi connectivity index (χ3n) is 8.47. The zero-order valence-electron chi connectivity index (χ0n) is 28.6. The van der Waals surface area contributed by atoms with E-state index in [4.69, 9.17) is 0 Å². The summed E-state index contributed by atoms with van der Waals surface area (Å²) < 4.78 is 0. The molecular weight excluding hydrogens is 687 g/mol. The van der Waals surface area contributed by atoms with Gasteiger partial charge >= 0.3 is 35.9 Å². The van der Waals surface area contributed by atoms with Crippen molar-refractivity contribution >= 4 is 58.1 Å². The maximum Gasteiger partial charge on any atom is 1.00 e. The third-order valence-corrected chi connectivity index (χ3v) is 17.3. The van der Waals surface area contributed by atoms with Gasteiger partial charge in [-0.05, 0) is 41.9 Å². The van der Waals surface area contributed by atoms with Gasteiger partial charge in [-0.25, -0.2) is 0 Å². The Labute approximate surface area is 321 Å². The summed E-state index contributed by atoms with van der Waals surface area (Å²) in [5.41, 5.74) is 0. The molecule has 0 aliphatic rings. The SMILES string of the molecule is CC=[C-]C(=O)[Si](c1ccccc1)(c1ccccc1)c1ccccc1.CC=[C-]C(=O)[Si](c1ccccc1)(c1ccccc1)c1ccccc1.[Cu+].[Li+]. The largest absolute Gasteiger partial charge is 1.00 e. The second kappa shape index (κ2) is 19.8. The maximum atomic E-state index is 13.4. The number of carbonyl (C=O) groups excluding carboxylic acids is 2. The van der Waals surface area contributed by atoms with E-state index >= 15 is 0 Å². The molecule has 0 atom stereocenters. The summed E-state index contributed by atoms with van der Waals surface area (Å²) in [4.78, 5) is 26.8. The van der Waals surface area contributed by atoms with Crippen LogP contribution in [0.1, 0.15) is 13.8 Å². The quantitative estimate of drug-likeness (QED) is 0.0942. The topological polar surface area (TPSA) is 34.1 Å². The van der Waals surface area contributed by atoms with Crippen molar-refractivity contribution in [2.75, 3.05) is 0 Å². The van der Waals surface area contributed by atoms with Gasteiger partial charge < -0.3 is 21.7 Å². The molecule has 0 heterocycles. The number of allylic oxidation sites excluding steroid dienone is 4. The van der Waals surface area contributed by atoms with Crippen LogP contribution < -0.4 is 50.0 Å². The molecule has 0 amide bonds. The Kier molecular flexibility index (Phi) is 15.9. The molecule has 0 aliphatic heterocycles. The van der Waals surface area contributed by atoms with Gasteiger partial charge in [0.2, 0.25) is 0 Å². The van der Waals surface area contributed by atoms with Crippen LogP contribution in [0.2, 0.25) is 0 Å². The Hall–Kier alpha value is -4.31. The van der Waals surface area contributed by atoms with Crippen LogP contribution >= 0.6 is 0 Å². The van der Waals surface area contributed by atoms with Gasteiger partial charge in [0.25, 0.3) is 0 Å². The van der Waals surface area contributed by atoms with Gasteiger partial charge in [0.05, 0.1) is 0 Å². The van der Waals surface area contributed by atoms with E-state index < -0.39 is 16.1 Å². The van der Waals surface area contributed by atoms with E-state index in [2.05, 4.69) is 84.9 Å². The van der Waals surface area contributed by atoms with Crippen LogP contribution in [0.15, 0.2) is 194 Å². The van der Waals surface area contributed by atoms with Gasteiger partial charge in [0.1, 0.15) is 0 Å². The molecule has 6 rings (SSSR count). The minimum absolute atomic E-state index is 0. The first kappa shape index (κ1) is 40.1. The Balaban J connectivity index is 0.000000260. The van der Waals surface area contributed by atoms with E-state index in [0.717, 1.165) is 31.1 Å². The standard InChI is InChI=1S/2C22H19OSi.Cu.Li/c2*1-2-12-22(23)24(19-13-6-3-7-14-19,20-15-8-4-9-16-20)21-17-10-5-11-18-21;;/h2*2-11,13-18H,1H3;;/q2*-1;2*+1. The Morgan fingerprint density at radius 3 is 0.680 bits per heavy atom. The van der Waals surface area contributed by atoms with Crippen molar-refractivity contribution in [3.8, 4) is 0 Å². The number of carbonyl (C=O) groups is 2. The summed E-state index contributed by atoms with van der Waals surface area (Å²) in [6.07, 6.45) is 9.40. The van der Waals surface area contributed by atoms with E-state index in [-0.39, 0.29) is 46.7 Å². The Morgan fingerprint density at radius 1 is 0.380 bits per heavy atom. The van der Waals surface area contributed by atoms with E-state index in [1.807, 2.05) is 123 Å². The van der Waals surface area contributed by atoms with Crippen molar-refractivity contribution in [1.29, 1.82) is 0 Å². The summed E-state index contributed by atoms with van der Waals surface area (Å²) in [6.45, 7) is 3.69. The van der Waals surface area contributed by atoms with Crippen molar-refractivity contribution in [2.45, 2.75) is 13.8 Å².